The summed E-state index contributed by atoms with van der Waals surface area (Å²) in [5, 5.41) is 3.18. The van der Waals surface area contributed by atoms with E-state index in [1.165, 1.54) is 0 Å². The monoisotopic (exact) mass is 389 g/mol. The minimum absolute atomic E-state index is 0.0529. The lowest BCUT2D eigenvalue weighted by Gasteiger charge is -2.42. The highest BCUT2D eigenvalue weighted by molar-refractivity contribution is 5.94. The highest BCUT2D eigenvalue weighted by Crippen LogP contribution is 2.22. The molecule has 2 fully saturated rings. The number of methoxy groups -OCH3 is 1. The largest absolute Gasteiger partial charge is 0.497 e. The first-order valence-corrected chi connectivity index (χ1v) is 10.2. The SMILES string of the molecule is CCOC(=O)N1CCC(N2CCC[C@@H](NC(=O)c3cccc(OC)c3)C2)CC1. The van der Waals surface area contributed by atoms with Crippen molar-refractivity contribution in [3.63, 3.8) is 0 Å². The zero-order chi connectivity index (χ0) is 19.9. The van der Waals surface area contributed by atoms with E-state index in [2.05, 4.69) is 10.2 Å². The van der Waals surface area contributed by atoms with Gasteiger partial charge < -0.3 is 19.7 Å². The quantitative estimate of drug-likeness (QED) is 0.838. The Kier molecular flexibility index (Phi) is 7.14. The normalized spacial score (nSPS) is 21.2. The van der Waals surface area contributed by atoms with E-state index in [0.717, 1.165) is 51.9 Å². The Morgan fingerprint density at radius 1 is 1.18 bits per heavy atom. The number of carbonyl (C=O) groups excluding carboxylic acids is 2. The molecule has 0 unspecified atom stereocenters. The molecule has 1 aromatic carbocycles. The third-order valence-corrected chi connectivity index (χ3v) is 5.63. The zero-order valence-corrected chi connectivity index (χ0v) is 16.9. The van der Waals surface area contributed by atoms with Crippen molar-refractivity contribution < 1.29 is 19.1 Å². The third kappa shape index (κ3) is 5.16. The predicted molar refractivity (Wildman–Crippen MR) is 107 cm³/mol. The number of hydrogen-bond donors (Lipinski definition) is 1. The second-order valence-electron chi connectivity index (χ2n) is 7.46. The van der Waals surface area contributed by atoms with Gasteiger partial charge in [-0.1, -0.05) is 6.07 Å². The molecule has 2 aliphatic rings. The van der Waals surface area contributed by atoms with Crippen LogP contribution in [-0.2, 0) is 4.74 Å². The smallest absolute Gasteiger partial charge is 0.409 e. The van der Waals surface area contributed by atoms with Gasteiger partial charge in [-0.2, -0.15) is 0 Å². The fraction of sp³-hybridized carbons (Fsp3) is 0.619. The van der Waals surface area contributed by atoms with Crippen LogP contribution < -0.4 is 10.1 Å². The minimum Gasteiger partial charge on any atom is -0.497 e. The highest BCUT2D eigenvalue weighted by Gasteiger charge is 2.31. The Balaban J connectivity index is 1.50. The van der Waals surface area contributed by atoms with E-state index in [1.54, 1.807) is 18.1 Å². The second-order valence-corrected chi connectivity index (χ2v) is 7.46. The first-order valence-electron chi connectivity index (χ1n) is 10.2. The van der Waals surface area contributed by atoms with Gasteiger partial charge in [-0.3, -0.25) is 9.69 Å². The number of ether oxygens (including phenoxy) is 2. The molecule has 2 heterocycles. The molecule has 1 N–H and O–H groups in total. The van der Waals surface area contributed by atoms with E-state index in [1.807, 2.05) is 25.1 Å². The summed E-state index contributed by atoms with van der Waals surface area (Å²) < 4.78 is 10.3. The van der Waals surface area contributed by atoms with E-state index in [9.17, 15) is 9.59 Å². The molecule has 7 nitrogen and oxygen atoms in total. The lowest BCUT2D eigenvalue weighted by atomic mass is 9.98. The Labute approximate surface area is 167 Å². The molecule has 1 aromatic rings. The van der Waals surface area contributed by atoms with E-state index in [4.69, 9.17) is 9.47 Å². The number of nitrogens with zero attached hydrogens (tertiary/aromatic N) is 2. The third-order valence-electron chi connectivity index (χ3n) is 5.63. The van der Waals surface area contributed by atoms with Crippen molar-refractivity contribution in [2.24, 2.45) is 0 Å². The van der Waals surface area contributed by atoms with Crippen molar-refractivity contribution in [1.82, 2.24) is 15.1 Å². The molecule has 0 saturated carbocycles. The first-order chi connectivity index (χ1) is 13.6. The Hall–Kier alpha value is -2.28. The minimum atomic E-state index is -0.206. The summed E-state index contributed by atoms with van der Waals surface area (Å²) in [5.74, 6) is 0.633. The van der Waals surface area contributed by atoms with Gasteiger partial charge in [0.25, 0.3) is 5.91 Å². The summed E-state index contributed by atoms with van der Waals surface area (Å²) in [5.41, 5.74) is 0.624. The number of likely N-dealkylation sites (tertiary alicyclic amines) is 2. The van der Waals surface area contributed by atoms with Crippen LogP contribution in [0.2, 0.25) is 0 Å². The predicted octanol–water partition coefficient (Wildman–Crippen LogP) is 2.51. The standard InChI is InChI=1S/C21H31N3O4/c1-3-28-21(26)23-12-9-18(10-13-23)24-11-5-7-17(15-24)22-20(25)16-6-4-8-19(14-16)27-2/h4,6,8,14,17-18H,3,5,7,9-13,15H2,1-2H3,(H,22,25)/t17-/m1/s1. The van der Waals surface area contributed by atoms with Crippen LogP contribution in [-0.4, -0.2) is 73.8 Å². The maximum Gasteiger partial charge on any atom is 0.409 e. The molecule has 0 bridgehead atoms. The fourth-order valence-corrected chi connectivity index (χ4v) is 4.12. The van der Waals surface area contributed by atoms with Gasteiger partial charge in [0.2, 0.25) is 0 Å². The molecule has 7 heteroatoms. The van der Waals surface area contributed by atoms with E-state index >= 15 is 0 Å². The summed E-state index contributed by atoms with van der Waals surface area (Å²) >= 11 is 0. The number of carbonyl (C=O) groups is 2. The van der Waals surface area contributed by atoms with Crippen LogP contribution in [0.3, 0.4) is 0 Å². The number of nitrogens with one attached hydrogen (secondary N) is 1. The van der Waals surface area contributed by atoms with Crippen molar-refractivity contribution in [2.45, 2.75) is 44.7 Å². The molecule has 2 aliphatic heterocycles. The Bertz CT molecular complexity index is 673. The molecule has 3 rings (SSSR count). The molecule has 2 saturated heterocycles. The van der Waals surface area contributed by atoms with Gasteiger partial charge in [-0.05, 0) is 57.4 Å². The van der Waals surface area contributed by atoms with Gasteiger partial charge in [-0.25, -0.2) is 4.79 Å². The van der Waals surface area contributed by atoms with Gasteiger partial charge in [0.15, 0.2) is 0 Å². The average molecular weight is 389 g/mol. The van der Waals surface area contributed by atoms with Crippen LogP contribution in [0.5, 0.6) is 5.75 Å². The number of rotatable bonds is 5. The van der Waals surface area contributed by atoms with Crippen LogP contribution in [0, 0.1) is 0 Å². The van der Waals surface area contributed by atoms with E-state index in [-0.39, 0.29) is 18.0 Å². The van der Waals surface area contributed by atoms with Crippen LogP contribution >= 0.6 is 0 Å². The molecule has 1 atom stereocenters. The van der Waals surface area contributed by atoms with Crippen LogP contribution in [0.15, 0.2) is 24.3 Å². The van der Waals surface area contributed by atoms with Gasteiger partial charge in [0, 0.05) is 37.3 Å². The molecule has 0 aliphatic carbocycles. The lowest BCUT2D eigenvalue weighted by molar-refractivity contribution is 0.0601. The van der Waals surface area contributed by atoms with Crippen molar-refractivity contribution in [2.75, 3.05) is 39.9 Å². The zero-order valence-electron chi connectivity index (χ0n) is 16.9. The molecule has 2 amide bonds. The van der Waals surface area contributed by atoms with Crippen LogP contribution in [0.4, 0.5) is 4.79 Å². The highest BCUT2D eigenvalue weighted by atomic mass is 16.6. The average Bonchev–Trinajstić information content (AvgIpc) is 2.74. The van der Waals surface area contributed by atoms with Crippen molar-refractivity contribution in [1.29, 1.82) is 0 Å². The number of hydrogen-bond acceptors (Lipinski definition) is 5. The molecule has 0 spiro atoms. The number of benzene rings is 1. The van der Waals surface area contributed by atoms with Gasteiger partial charge in [0.05, 0.1) is 13.7 Å². The topological polar surface area (TPSA) is 71.1 Å². The van der Waals surface area contributed by atoms with Crippen molar-refractivity contribution in [3.05, 3.63) is 29.8 Å². The Morgan fingerprint density at radius 2 is 1.96 bits per heavy atom. The summed E-state index contributed by atoms with van der Waals surface area (Å²) in [6.07, 6.45) is 3.77. The second kappa shape index (κ2) is 9.78. The van der Waals surface area contributed by atoms with Crippen LogP contribution in [0.25, 0.3) is 0 Å². The molecule has 0 aromatic heterocycles. The summed E-state index contributed by atoms with van der Waals surface area (Å²) in [4.78, 5) is 28.7. The Morgan fingerprint density at radius 3 is 2.68 bits per heavy atom. The summed E-state index contributed by atoms with van der Waals surface area (Å²) in [7, 11) is 1.60. The summed E-state index contributed by atoms with van der Waals surface area (Å²) in [6, 6.07) is 7.85. The molecule has 154 valence electrons. The van der Waals surface area contributed by atoms with Crippen molar-refractivity contribution >= 4 is 12.0 Å². The number of amides is 2. The molecular weight excluding hydrogens is 358 g/mol. The summed E-state index contributed by atoms with van der Waals surface area (Å²) in [6.45, 7) is 5.63. The van der Waals surface area contributed by atoms with Gasteiger partial charge in [0.1, 0.15) is 5.75 Å². The maximum atomic E-state index is 12.6. The molecule has 0 radical (unpaired) electrons. The first kappa shape index (κ1) is 20.5. The maximum absolute atomic E-state index is 12.6. The number of piperidine rings is 2. The van der Waals surface area contributed by atoms with E-state index < -0.39 is 0 Å². The molecular formula is C21H31N3O4. The van der Waals surface area contributed by atoms with Gasteiger partial charge >= 0.3 is 6.09 Å². The van der Waals surface area contributed by atoms with Crippen molar-refractivity contribution in [3.8, 4) is 5.75 Å². The molecule has 28 heavy (non-hydrogen) atoms. The lowest BCUT2D eigenvalue weighted by Crippen LogP contribution is -2.54. The van der Waals surface area contributed by atoms with E-state index in [0.29, 0.717) is 24.0 Å². The fourth-order valence-electron chi connectivity index (χ4n) is 4.12. The van der Waals surface area contributed by atoms with Crippen LogP contribution in [0.1, 0.15) is 43.0 Å². The van der Waals surface area contributed by atoms with Gasteiger partial charge in [-0.15, -0.1) is 0 Å².